The van der Waals surface area contributed by atoms with Crippen LogP contribution in [-0.4, -0.2) is 16.5 Å². The van der Waals surface area contributed by atoms with Gasteiger partial charge in [0.25, 0.3) is 0 Å². The Balaban J connectivity index is 2.26. The third-order valence-corrected chi connectivity index (χ3v) is 3.53. The predicted octanol–water partition coefficient (Wildman–Crippen LogP) is 4.63. The number of halogens is 2. The van der Waals surface area contributed by atoms with Gasteiger partial charge >= 0.3 is 0 Å². The zero-order valence-corrected chi connectivity index (χ0v) is 12.2. The van der Waals surface area contributed by atoms with Gasteiger partial charge in [-0.1, -0.05) is 23.2 Å². The fraction of sp³-hybridized carbons (Fsp3) is 0.143. The first-order valence-electron chi connectivity index (χ1n) is 6.13. The van der Waals surface area contributed by atoms with Gasteiger partial charge in [-0.3, -0.25) is 0 Å². The highest BCUT2D eigenvalue weighted by molar-refractivity contribution is 6.42. The molecule has 0 amide bonds. The Kier molecular flexibility index (Phi) is 3.51. The second-order valence-corrected chi connectivity index (χ2v) is 5.00. The number of anilines is 1. The van der Waals surface area contributed by atoms with Crippen molar-refractivity contribution < 1.29 is 4.42 Å². The maximum atomic E-state index is 6.03. The van der Waals surface area contributed by atoms with Crippen molar-refractivity contribution in [2.75, 3.05) is 11.9 Å². The van der Waals surface area contributed by atoms with E-state index in [0.717, 1.165) is 6.54 Å². The average molecular weight is 308 g/mol. The van der Waals surface area contributed by atoms with Crippen LogP contribution >= 0.6 is 23.2 Å². The van der Waals surface area contributed by atoms with Gasteiger partial charge in [-0.05, 0) is 31.2 Å². The van der Waals surface area contributed by atoms with Gasteiger partial charge in [-0.15, -0.1) is 0 Å². The summed E-state index contributed by atoms with van der Waals surface area (Å²) in [5.41, 5.74) is 2.01. The molecule has 20 heavy (non-hydrogen) atoms. The van der Waals surface area contributed by atoms with Crippen LogP contribution in [0.15, 0.2) is 34.9 Å². The molecule has 3 aromatic rings. The van der Waals surface area contributed by atoms with E-state index in [1.54, 1.807) is 18.4 Å². The number of hydrogen-bond donors (Lipinski definition) is 1. The molecule has 2 heterocycles. The molecule has 0 spiro atoms. The Labute approximate surface area is 125 Å². The Morgan fingerprint density at radius 1 is 1.15 bits per heavy atom. The van der Waals surface area contributed by atoms with Crippen LogP contribution in [-0.2, 0) is 0 Å². The van der Waals surface area contributed by atoms with E-state index in [0.29, 0.717) is 38.4 Å². The summed E-state index contributed by atoms with van der Waals surface area (Å²) >= 11 is 12.0. The summed E-state index contributed by atoms with van der Waals surface area (Å²) in [5, 5.41) is 4.09. The topological polar surface area (TPSA) is 51.0 Å². The van der Waals surface area contributed by atoms with Gasteiger partial charge in [0.15, 0.2) is 11.6 Å². The van der Waals surface area contributed by atoms with Crippen molar-refractivity contribution in [2.45, 2.75) is 6.92 Å². The summed E-state index contributed by atoms with van der Waals surface area (Å²) < 4.78 is 5.41. The minimum atomic E-state index is 0.454. The van der Waals surface area contributed by atoms with E-state index in [9.17, 15) is 0 Å². The molecule has 1 N–H and O–H groups in total. The van der Waals surface area contributed by atoms with Crippen LogP contribution in [0.3, 0.4) is 0 Å². The van der Waals surface area contributed by atoms with Crippen LogP contribution in [0.2, 0.25) is 10.0 Å². The van der Waals surface area contributed by atoms with E-state index in [-0.39, 0.29) is 0 Å². The molecule has 4 nitrogen and oxygen atoms in total. The lowest BCUT2D eigenvalue weighted by Gasteiger charge is -2.09. The molecule has 0 fully saturated rings. The Hall–Kier alpha value is -1.78. The van der Waals surface area contributed by atoms with Crippen molar-refractivity contribution in [1.82, 2.24) is 9.97 Å². The van der Waals surface area contributed by atoms with E-state index >= 15 is 0 Å². The third-order valence-electron chi connectivity index (χ3n) is 2.81. The average Bonchev–Trinajstić information content (AvgIpc) is 2.94. The summed E-state index contributed by atoms with van der Waals surface area (Å²) in [4.78, 5) is 9.12. The van der Waals surface area contributed by atoms with E-state index in [4.69, 9.17) is 27.6 Å². The van der Waals surface area contributed by atoms with Crippen molar-refractivity contribution in [3.63, 3.8) is 0 Å². The highest BCUT2D eigenvalue weighted by Crippen LogP contribution is 2.31. The quantitative estimate of drug-likeness (QED) is 0.766. The number of furan rings is 1. The molecule has 0 aliphatic heterocycles. The Morgan fingerprint density at radius 2 is 1.85 bits per heavy atom. The van der Waals surface area contributed by atoms with E-state index < -0.39 is 0 Å². The van der Waals surface area contributed by atoms with Crippen LogP contribution in [0.5, 0.6) is 0 Å². The first kappa shape index (κ1) is 13.2. The normalized spacial score (nSPS) is 10.9. The SMILES string of the molecule is CCNc1nc2cc(Cl)c(Cl)cc2nc1-c1ccco1. The highest BCUT2D eigenvalue weighted by Gasteiger charge is 2.14. The molecule has 102 valence electrons. The van der Waals surface area contributed by atoms with Crippen LogP contribution in [0.4, 0.5) is 5.82 Å². The second kappa shape index (κ2) is 5.31. The number of aromatic nitrogens is 2. The van der Waals surface area contributed by atoms with Gasteiger partial charge in [0.05, 0.1) is 27.3 Å². The lowest BCUT2D eigenvalue weighted by atomic mass is 10.2. The van der Waals surface area contributed by atoms with Crippen molar-refractivity contribution in [1.29, 1.82) is 0 Å². The van der Waals surface area contributed by atoms with Crippen LogP contribution in [0.25, 0.3) is 22.5 Å². The van der Waals surface area contributed by atoms with Gasteiger partial charge in [-0.2, -0.15) is 0 Å². The van der Waals surface area contributed by atoms with Crippen molar-refractivity contribution in [3.8, 4) is 11.5 Å². The van der Waals surface area contributed by atoms with Gasteiger partial charge in [0, 0.05) is 6.54 Å². The van der Waals surface area contributed by atoms with Gasteiger partial charge < -0.3 is 9.73 Å². The summed E-state index contributed by atoms with van der Waals surface area (Å²) in [7, 11) is 0. The first-order valence-corrected chi connectivity index (χ1v) is 6.89. The fourth-order valence-electron chi connectivity index (χ4n) is 1.93. The predicted molar refractivity (Wildman–Crippen MR) is 81.4 cm³/mol. The van der Waals surface area contributed by atoms with E-state index in [2.05, 4.69) is 15.3 Å². The van der Waals surface area contributed by atoms with Crippen molar-refractivity contribution in [3.05, 3.63) is 40.6 Å². The molecule has 0 saturated carbocycles. The number of rotatable bonds is 3. The summed E-state index contributed by atoms with van der Waals surface area (Å²) in [5.74, 6) is 1.31. The highest BCUT2D eigenvalue weighted by atomic mass is 35.5. The number of benzene rings is 1. The fourth-order valence-corrected chi connectivity index (χ4v) is 2.24. The zero-order chi connectivity index (χ0) is 14.1. The van der Waals surface area contributed by atoms with Gasteiger partial charge in [0.2, 0.25) is 0 Å². The maximum absolute atomic E-state index is 6.03. The van der Waals surface area contributed by atoms with Crippen molar-refractivity contribution >= 4 is 40.1 Å². The maximum Gasteiger partial charge on any atom is 0.156 e. The Morgan fingerprint density at radius 3 is 2.45 bits per heavy atom. The molecule has 1 aromatic carbocycles. The van der Waals surface area contributed by atoms with Crippen molar-refractivity contribution in [2.24, 2.45) is 0 Å². The molecule has 0 radical (unpaired) electrons. The summed E-state index contributed by atoms with van der Waals surface area (Å²) in [6.07, 6.45) is 1.60. The third kappa shape index (κ3) is 2.32. The number of nitrogens with one attached hydrogen (secondary N) is 1. The molecule has 0 saturated heterocycles. The monoisotopic (exact) mass is 307 g/mol. The summed E-state index contributed by atoms with van der Waals surface area (Å²) in [6, 6.07) is 7.06. The smallest absolute Gasteiger partial charge is 0.156 e. The second-order valence-electron chi connectivity index (χ2n) is 4.18. The minimum Gasteiger partial charge on any atom is -0.463 e. The van der Waals surface area contributed by atoms with Gasteiger partial charge in [-0.25, -0.2) is 9.97 Å². The zero-order valence-electron chi connectivity index (χ0n) is 10.7. The molecular formula is C14H11Cl2N3O. The van der Waals surface area contributed by atoms with Crippen LogP contribution in [0, 0.1) is 0 Å². The standard InChI is InChI=1S/C14H11Cl2N3O/c1-2-17-14-13(12-4-3-5-20-12)18-10-6-8(15)9(16)7-11(10)19-14/h3-7H,2H2,1H3,(H,17,19). The lowest BCUT2D eigenvalue weighted by molar-refractivity contribution is 0.580. The molecular weight excluding hydrogens is 297 g/mol. The van der Waals surface area contributed by atoms with Crippen LogP contribution in [0.1, 0.15) is 6.92 Å². The number of nitrogens with zero attached hydrogens (tertiary/aromatic N) is 2. The molecule has 6 heteroatoms. The van der Waals surface area contributed by atoms with Crippen LogP contribution < -0.4 is 5.32 Å². The molecule has 0 aliphatic rings. The number of fused-ring (bicyclic) bond motifs is 1. The molecule has 3 rings (SSSR count). The van der Waals surface area contributed by atoms with E-state index in [1.807, 2.05) is 19.1 Å². The number of hydrogen-bond acceptors (Lipinski definition) is 4. The largest absolute Gasteiger partial charge is 0.463 e. The van der Waals surface area contributed by atoms with E-state index in [1.165, 1.54) is 0 Å². The Bertz CT molecular complexity index is 757. The molecule has 0 unspecified atom stereocenters. The molecule has 2 aromatic heterocycles. The minimum absolute atomic E-state index is 0.454. The molecule has 0 atom stereocenters. The first-order chi connectivity index (χ1) is 9.69. The summed E-state index contributed by atoms with van der Waals surface area (Å²) in [6.45, 7) is 2.72. The lowest BCUT2D eigenvalue weighted by Crippen LogP contribution is -2.03. The van der Waals surface area contributed by atoms with Gasteiger partial charge in [0.1, 0.15) is 5.69 Å². The molecule has 0 bridgehead atoms. The molecule has 0 aliphatic carbocycles.